The Morgan fingerprint density at radius 1 is 1.32 bits per heavy atom. The van der Waals surface area contributed by atoms with Gasteiger partial charge in [0.2, 0.25) is 15.9 Å². The number of piperazine rings is 1. The normalized spacial score (nSPS) is 18.2. The van der Waals surface area contributed by atoms with Gasteiger partial charge in [-0.3, -0.25) is 9.78 Å². The third-order valence-electron chi connectivity index (χ3n) is 4.42. The van der Waals surface area contributed by atoms with Crippen LogP contribution in [0.2, 0.25) is 0 Å². The van der Waals surface area contributed by atoms with Gasteiger partial charge >= 0.3 is 0 Å². The van der Waals surface area contributed by atoms with Crippen LogP contribution in [0.15, 0.2) is 53.7 Å². The minimum atomic E-state index is -4.16. The van der Waals surface area contributed by atoms with Crippen molar-refractivity contribution in [1.82, 2.24) is 19.9 Å². The number of nitrogens with one attached hydrogen (secondary N) is 2. The van der Waals surface area contributed by atoms with Crippen LogP contribution in [0.5, 0.6) is 0 Å². The summed E-state index contributed by atoms with van der Waals surface area (Å²) >= 11 is 0. The van der Waals surface area contributed by atoms with E-state index < -0.39 is 26.8 Å². The van der Waals surface area contributed by atoms with Crippen molar-refractivity contribution >= 4 is 28.3 Å². The van der Waals surface area contributed by atoms with Gasteiger partial charge in [-0.25, -0.2) is 12.8 Å². The fraction of sp³-hybridized carbons (Fsp3) is 0.333. The maximum atomic E-state index is 13.8. The molecule has 2 unspecified atom stereocenters. The van der Waals surface area contributed by atoms with Crippen LogP contribution in [0.1, 0.15) is 18.5 Å². The monoisotopic (exact) mass is 428 g/mol. The Kier molecular flexibility index (Phi) is 7.48. The zero-order valence-electron chi connectivity index (χ0n) is 15.2. The summed E-state index contributed by atoms with van der Waals surface area (Å²) in [5.41, 5.74) is 0.863. The fourth-order valence-corrected chi connectivity index (χ4v) is 4.37. The third-order valence-corrected chi connectivity index (χ3v) is 6.00. The van der Waals surface area contributed by atoms with Crippen LogP contribution in [-0.2, 0) is 14.8 Å². The van der Waals surface area contributed by atoms with Crippen molar-refractivity contribution in [3.63, 3.8) is 0 Å². The number of nitrogens with zero attached hydrogens (tertiary/aromatic N) is 2. The molecular weight excluding hydrogens is 407 g/mol. The number of sulfonamides is 1. The second-order valence-corrected chi connectivity index (χ2v) is 7.99. The van der Waals surface area contributed by atoms with Crippen LogP contribution in [0.3, 0.4) is 0 Å². The molecule has 2 aromatic rings. The smallest absolute Gasteiger partial charge is 0.244 e. The van der Waals surface area contributed by atoms with Crippen molar-refractivity contribution in [2.45, 2.75) is 23.9 Å². The molecule has 3 rings (SSSR count). The number of hydrogen-bond acceptors (Lipinski definition) is 5. The predicted octanol–water partition coefficient (Wildman–Crippen LogP) is 1.48. The Labute approximate surface area is 169 Å². The molecular formula is C18H22ClFN4O3S. The number of amides is 1. The van der Waals surface area contributed by atoms with Crippen molar-refractivity contribution in [2.75, 3.05) is 19.6 Å². The topological polar surface area (TPSA) is 91.4 Å². The Morgan fingerprint density at radius 3 is 2.75 bits per heavy atom. The van der Waals surface area contributed by atoms with Gasteiger partial charge in [-0.2, -0.15) is 4.72 Å². The number of rotatable bonds is 5. The summed E-state index contributed by atoms with van der Waals surface area (Å²) < 4.78 is 41.0. The molecule has 2 atom stereocenters. The number of pyridine rings is 1. The lowest BCUT2D eigenvalue weighted by atomic mass is 10.0. The summed E-state index contributed by atoms with van der Waals surface area (Å²) in [5.74, 6) is -1.23. The first kappa shape index (κ1) is 22.2. The number of benzene rings is 1. The van der Waals surface area contributed by atoms with Crippen LogP contribution in [0, 0.1) is 5.82 Å². The molecule has 28 heavy (non-hydrogen) atoms. The van der Waals surface area contributed by atoms with Crippen LogP contribution in [-0.4, -0.2) is 49.9 Å². The molecule has 10 heteroatoms. The number of carbonyl (C=O) groups excluding carboxylic acids is 1. The van der Waals surface area contributed by atoms with E-state index in [-0.39, 0.29) is 24.4 Å². The standard InChI is InChI=1S/C18H21FN4O3S.ClH/c1-13(22-27(25,26)17-7-3-2-6-15(17)19)18(24)23-10-9-21-12-16(23)14-5-4-8-20-11-14;/h2-8,11,13,16,21-22H,9-10,12H2,1H3;1H. The van der Waals surface area contributed by atoms with Crippen molar-refractivity contribution in [2.24, 2.45) is 0 Å². The fourth-order valence-electron chi connectivity index (χ4n) is 3.10. The molecule has 1 fully saturated rings. The van der Waals surface area contributed by atoms with Gasteiger partial charge in [0.25, 0.3) is 0 Å². The first-order valence-corrected chi connectivity index (χ1v) is 10.1. The predicted molar refractivity (Wildman–Crippen MR) is 105 cm³/mol. The van der Waals surface area contributed by atoms with Gasteiger partial charge in [-0.05, 0) is 30.7 Å². The van der Waals surface area contributed by atoms with Gasteiger partial charge in [-0.1, -0.05) is 18.2 Å². The first-order chi connectivity index (χ1) is 12.9. The lowest BCUT2D eigenvalue weighted by molar-refractivity contribution is -0.136. The zero-order valence-corrected chi connectivity index (χ0v) is 16.8. The molecule has 1 saturated heterocycles. The van der Waals surface area contributed by atoms with Crippen molar-refractivity contribution < 1.29 is 17.6 Å². The highest BCUT2D eigenvalue weighted by molar-refractivity contribution is 7.89. The van der Waals surface area contributed by atoms with Gasteiger partial charge < -0.3 is 10.2 Å². The van der Waals surface area contributed by atoms with Crippen LogP contribution in [0.25, 0.3) is 0 Å². The molecule has 1 aliphatic rings. The van der Waals surface area contributed by atoms with Gasteiger partial charge in [0, 0.05) is 32.0 Å². The zero-order chi connectivity index (χ0) is 19.4. The molecule has 1 aromatic heterocycles. The molecule has 0 saturated carbocycles. The van der Waals surface area contributed by atoms with Crippen LogP contribution >= 0.6 is 12.4 Å². The van der Waals surface area contributed by atoms with Crippen LogP contribution in [0.4, 0.5) is 4.39 Å². The summed E-state index contributed by atoms with van der Waals surface area (Å²) in [5, 5.41) is 3.23. The number of carbonyl (C=O) groups is 1. The molecule has 1 amide bonds. The van der Waals surface area contributed by atoms with Gasteiger partial charge in [0.05, 0.1) is 12.1 Å². The van der Waals surface area contributed by atoms with E-state index in [4.69, 9.17) is 0 Å². The summed E-state index contributed by atoms with van der Waals surface area (Å²) in [4.78, 5) is 18.2. The maximum Gasteiger partial charge on any atom is 0.244 e. The first-order valence-electron chi connectivity index (χ1n) is 8.58. The van der Waals surface area contributed by atoms with E-state index in [2.05, 4.69) is 15.0 Å². The molecule has 1 aromatic carbocycles. The van der Waals surface area contributed by atoms with Crippen LogP contribution < -0.4 is 10.0 Å². The number of aromatic nitrogens is 1. The summed E-state index contributed by atoms with van der Waals surface area (Å²) in [6.07, 6.45) is 3.34. The van der Waals surface area contributed by atoms with Gasteiger partial charge in [-0.15, -0.1) is 12.4 Å². The summed E-state index contributed by atoms with van der Waals surface area (Å²) in [6.45, 7) is 3.05. The molecule has 1 aliphatic heterocycles. The van der Waals surface area contributed by atoms with E-state index in [9.17, 15) is 17.6 Å². The Bertz CT molecular complexity index is 914. The minimum Gasteiger partial charge on any atom is -0.332 e. The van der Waals surface area contributed by atoms with Gasteiger partial charge in [0.1, 0.15) is 10.7 Å². The van der Waals surface area contributed by atoms with E-state index in [0.717, 1.165) is 17.7 Å². The highest BCUT2D eigenvalue weighted by Gasteiger charge is 2.33. The molecule has 0 bridgehead atoms. The Balaban J connectivity index is 0.00000280. The summed E-state index contributed by atoms with van der Waals surface area (Å²) in [6, 6.07) is 7.44. The third kappa shape index (κ3) is 4.85. The quantitative estimate of drug-likeness (QED) is 0.752. The van der Waals surface area contributed by atoms with Crippen molar-refractivity contribution in [1.29, 1.82) is 0 Å². The van der Waals surface area contributed by atoms with E-state index in [1.54, 1.807) is 23.4 Å². The van der Waals surface area contributed by atoms with E-state index in [1.165, 1.54) is 19.1 Å². The summed E-state index contributed by atoms with van der Waals surface area (Å²) in [7, 11) is -4.16. The minimum absolute atomic E-state index is 0. The highest BCUT2D eigenvalue weighted by Crippen LogP contribution is 2.22. The molecule has 2 N–H and O–H groups in total. The highest BCUT2D eigenvalue weighted by atomic mass is 35.5. The molecule has 0 aliphatic carbocycles. The SMILES string of the molecule is CC(NS(=O)(=O)c1ccccc1F)C(=O)N1CCNCC1c1cccnc1.Cl. The van der Waals surface area contributed by atoms with E-state index in [0.29, 0.717) is 19.6 Å². The lowest BCUT2D eigenvalue weighted by Crippen LogP contribution is -2.54. The maximum absolute atomic E-state index is 13.8. The van der Waals surface area contributed by atoms with Gasteiger partial charge in [0.15, 0.2) is 0 Å². The van der Waals surface area contributed by atoms with Crippen molar-refractivity contribution in [3.8, 4) is 0 Å². The largest absolute Gasteiger partial charge is 0.332 e. The molecule has 2 heterocycles. The Morgan fingerprint density at radius 2 is 2.07 bits per heavy atom. The second kappa shape index (κ2) is 9.42. The molecule has 0 radical (unpaired) electrons. The number of halogens is 2. The average molecular weight is 429 g/mol. The van der Waals surface area contributed by atoms with E-state index in [1.807, 2.05) is 6.07 Å². The lowest BCUT2D eigenvalue weighted by Gasteiger charge is -2.37. The molecule has 0 spiro atoms. The number of hydrogen-bond donors (Lipinski definition) is 2. The van der Waals surface area contributed by atoms with Crippen molar-refractivity contribution in [3.05, 3.63) is 60.2 Å². The van der Waals surface area contributed by atoms with E-state index >= 15 is 0 Å². The second-order valence-electron chi connectivity index (χ2n) is 6.31. The average Bonchev–Trinajstić information content (AvgIpc) is 2.68. The molecule has 152 valence electrons. The molecule has 7 nitrogen and oxygen atoms in total. The Hall–Kier alpha value is -2.07.